The number of nitrogens with zero attached hydrogens (tertiary/aromatic N) is 1. The topological polar surface area (TPSA) is 83.4 Å². The maximum absolute atomic E-state index is 12.2. The third-order valence-electron chi connectivity index (χ3n) is 4.34. The third kappa shape index (κ3) is 7.25. The zero-order valence-electron chi connectivity index (χ0n) is 16.8. The highest BCUT2D eigenvalue weighted by Gasteiger charge is 2.07. The first-order valence-corrected chi connectivity index (χ1v) is 10.1. The maximum Gasteiger partial charge on any atom is 0.319 e. The van der Waals surface area contributed by atoms with E-state index in [2.05, 4.69) is 16.7 Å². The summed E-state index contributed by atoms with van der Waals surface area (Å²) >= 11 is 5.84. The molecule has 0 aliphatic carbocycles. The number of halogens is 1. The van der Waals surface area contributed by atoms with Gasteiger partial charge in [-0.15, -0.1) is 0 Å². The van der Waals surface area contributed by atoms with Crippen LogP contribution in [-0.4, -0.2) is 19.2 Å². The molecule has 0 aliphatic rings. The second kappa shape index (κ2) is 11.5. The minimum Gasteiger partial charge on any atom is -0.492 e. The van der Waals surface area contributed by atoms with Crippen molar-refractivity contribution in [3.05, 3.63) is 88.9 Å². The molecule has 2 amide bonds. The molecule has 0 heterocycles. The second-order valence-electron chi connectivity index (χ2n) is 6.61. The first-order chi connectivity index (χ1) is 15.1. The summed E-state index contributed by atoms with van der Waals surface area (Å²) in [5, 5.41) is 15.0. The van der Waals surface area contributed by atoms with Gasteiger partial charge in [-0.05, 0) is 48.0 Å². The van der Waals surface area contributed by atoms with E-state index in [0.717, 1.165) is 11.1 Å². The number of rotatable bonds is 9. The highest BCUT2D eigenvalue weighted by Crippen LogP contribution is 2.19. The lowest BCUT2D eigenvalue weighted by atomic mass is 10.1. The number of nitrogens with one attached hydrogen (secondary N) is 2. The van der Waals surface area contributed by atoms with E-state index >= 15 is 0 Å². The lowest BCUT2D eigenvalue weighted by Crippen LogP contribution is -2.32. The van der Waals surface area contributed by atoms with Gasteiger partial charge in [-0.25, -0.2) is 4.79 Å². The zero-order chi connectivity index (χ0) is 21.9. The number of carbonyl (C=O) groups excluding carboxylic acids is 1. The van der Waals surface area contributed by atoms with Crippen LogP contribution >= 0.6 is 11.6 Å². The fraction of sp³-hybridized carbons (Fsp3) is 0.167. The normalized spacial score (nSPS) is 10.1. The highest BCUT2D eigenvalue weighted by molar-refractivity contribution is 6.30. The van der Waals surface area contributed by atoms with Gasteiger partial charge in [-0.3, -0.25) is 0 Å². The fourth-order valence-corrected chi connectivity index (χ4v) is 2.88. The molecule has 0 aromatic heterocycles. The van der Waals surface area contributed by atoms with Crippen molar-refractivity contribution in [2.75, 3.05) is 18.5 Å². The van der Waals surface area contributed by atoms with Gasteiger partial charge < -0.3 is 20.1 Å². The molecule has 31 heavy (non-hydrogen) atoms. The van der Waals surface area contributed by atoms with E-state index in [-0.39, 0.29) is 6.03 Å². The van der Waals surface area contributed by atoms with Gasteiger partial charge >= 0.3 is 6.03 Å². The predicted molar refractivity (Wildman–Crippen MR) is 121 cm³/mol. The molecule has 0 atom stereocenters. The summed E-state index contributed by atoms with van der Waals surface area (Å²) in [4.78, 5) is 12.2. The van der Waals surface area contributed by atoms with Gasteiger partial charge in [0.1, 0.15) is 24.7 Å². The monoisotopic (exact) mass is 435 g/mol. The molecular formula is C24H22ClN3O3. The zero-order valence-corrected chi connectivity index (χ0v) is 17.6. The Morgan fingerprint density at radius 2 is 1.61 bits per heavy atom. The maximum atomic E-state index is 12.2. The summed E-state index contributed by atoms with van der Waals surface area (Å²) in [6, 6.07) is 23.7. The number of amides is 2. The largest absolute Gasteiger partial charge is 0.492 e. The Morgan fingerprint density at radius 3 is 2.35 bits per heavy atom. The Kier molecular flexibility index (Phi) is 8.15. The summed E-state index contributed by atoms with van der Waals surface area (Å²) in [6.07, 6.45) is 0.368. The third-order valence-corrected chi connectivity index (χ3v) is 4.59. The van der Waals surface area contributed by atoms with Gasteiger partial charge in [0.25, 0.3) is 0 Å². The van der Waals surface area contributed by atoms with Crippen molar-refractivity contribution in [1.82, 2.24) is 5.32 Å². The minimum atomic E-state index is -0.326. The van der Waals surface area contributed by atoms with Crippen LogP contribution in [0.15, 0.2) is 72.8 Å². The molecular weight excluding hydrogens is 414 g/mol. The molecule has 7 heteroatoms. The van der Waals surface area contributed by atoms with Crippen LogP contribution < -0.4 is 20.1 Å². The van der Waals surface area contributed by atoms with Gasteiger partial charge in [0.05, 0.1) is 19.0 Å². The lowest BCUT2D eigenvalue weighted by molar-refractivity contribution is 0.247. The molecule has 0 bridgehead atoms. The molecule has 3 aromatic carbocycles. The van der Waals surface area contributed by atoms with Crippen molar-refractivity contribution < 1.29 is 14.3 Å². The Bertz CT molecular complexity index is 1030. The van der Waals surface area contributed by atoms with Crippen LogP contribution in [0.5, 0.6) is 11.5 Å². The van der Waals surface area contributed by atoms with Gasteiger partial charge in [0.2, 0.25) is 0 Å². The van der Waals surface area contributed by atoms with E-state index in [4.69, 9.17) is 26.3 Å². The highest BCUT2D eigenvalue weighted by atomic mass is 35.5. The number of anilines is 1. The van der Waals surface area contributed by atoms with Crippen molar-refractivity contribution in [1.29, 1.82) is 5.26 Å². The number of hydrogen-bond acceptors (Lipinski definition) is 4. The van der Waals surface area contributed by atoms with E-state index in [1.54, 1.807) is 24.3 Å². The van der Waals surface area contributed by atoms with Crippen LogP contribution in [-0.2, 0) is 13.0 Å². The molecule has 0 saturated carbocycles. The number of hydrogen-bond donors (Lipinski definition) is 2. The summed E-state index contributed by atoms with van der Waals surface area (Å²) < 4.78 is 11.4. The van der Waals surface area contributed by atoms with Gasteiger partial charge in [-0.1, -0.05) is 41.9 Å². The number of nitriles is 1. The minimum absolute atomic E-state index is 0.299. The van der Waals surface area contributed by atoms with Crippen LogP contribution in [0.2, 0.25) is 5.02 Å². The van der Waals surface area contributed by atoms with Crippen molar-refractivity contribution in [3.63, 3.8) is 0 Å². The van der Waals surface area contributed by atoms with Crippen LogP contribution in [0, 0.1) is 11.3 Å². The molecule has 0 spiro atoms. The Hall–Kier alpha value is -3.69. The second-order valence-corrected chi connectivity index (χ2v) is 7.04. The molecule has 2 N–H and O–H groups in total. The first kappa shape index (κ1) is 22.0. The van der Waals surface area contributed by atoms with Crippen molar-refractivity contribution in [2.24, 2.45) is 0 Å². The Balaban J connectivity index is 1.46. The number of ether oxygens (including phenoxy) is 2. The van der Waals surface area contributed by atoms with Crippen LogP contribution in [0.4, 0.5) is 10.5 Å². The smallest absolute Gasteiger partial charge is 0.319 e. The standard InChI is InChI=1S/C24H22ClN3O3/c25-20-7-11-21(12-8-20)30-16-15-27-24(29)28-23-4-2-1-3-19(23)17-31-22-9-5-18(6-10-22)13-14-26/h1-12H,13,15-17H2,(H2,27,28,29). The van der Waals surface area contributed by atoms with Gasteiger partial charge in [0, 0.05) is 16.3 Å². The average Bonchev–Trinajstić information content (AvgIpc) is 2.78. The molecule has 0 unspecified atom stereocenters. The number of carbonyl (C=O) groups is 1. The average molecular weight is 436 g/mol. The van der Waals surface area contributed by atoms with E-state index in [9.17, 15) is 4.79 Å². The SMILES string of the molecule is N#CCc1ccc(OCc2ccccc2NC(=O)NCCOc2ccc(Cl)cc2)cc1. The summed E-state index contributed by atoms with van der Waals surface area (Å²) in [6.45, 7) is 0.984. The summed E-state index contributed by atoms with van der Waals surface area (Å²) in [5.41, 5.74) is 2.45. The molecule has 0 saturated heterocycles. The molecule has 3 aromatic rings. The summed E-state index contributed by atoms with van der Waals surface area (Å²) in [5.74, 6) is 1.38. The summed E-state index contributed by atoms with van der Waals surface area (Å²) in [7, 11) is 0. The van der Waals surface area contributed by atoms with Crippen molar-refractivity contribution >= 4 is 23.3 Å². The molecule has 3 rings (SSSR count). The van der Waals surface area contributed by atoms with Crippen molar-refractivity contribution in [3.8, 4) is 17.6 Å². The lowest BCUT2D eigenvalue weighted by Gasteiger charge is -2.13. The van der Waals surface area contributed by atoms with Crippen LogP contribution in [0.25, 0.3) is 0 Å². The van der Waals surface area contributed by atoms with E-state index in [1.165, 1.54) is 0 Å². The Morgan fingerprint density at radius 1 is 0.935 bits per heavy atom. The first-order valence-electron chi connectivity index (χ1n) is 9.74. The van der Waals surface area contributed by atoms with E-state index < -0.39 is 0 Å². The van der Waals surface area contributed by atoms with Crippen LogP contribution in [0.1, 0.15) is 11.1 Å². The number of benzene rings is 3. The fourth-order valence-electron chi connectivity index (χ4n) is 2.75. The van der Waals surface area contributed by atoms with Gasteiger partial charge in [-0.2, -0.15) is 5.26 Å². The predicted octanol–water partition coefficient (Wildman–Crippen LogP) is 5.19. The molecule has 0 fully saturated rings. The van der Waals surface area contributed by atoms with Crippen molar-refractivity contribution in [2.45, 2.75) is 13.0 Å². The Labute approximate surface area is 186 Å². The van der Waals surface area contributed by atoms with Crippen LogP contribution in [0.3, 0.4) is 0 Å². The van der Waals surface area contributed by atoms with Gasteiger partial charge in [0.15, 0.2) is 0 Å². The van der Waals surface area contributed by atoms with E-state index in [1.807, 2.05) is 48.5 Å². The number of urea groups is 1. The molecule has 0 aliphatic heterocycles. The van der Waals surface area contributed by atoms with E-state index in [0.29, 0.717) is 48.4 Å². The molecule has 0 radical (unpaired) electrons. The number of para-hydroxylation sites is 1. The molecule has 6 nitrogen and oxygen atoms in total. The quantitative estimate of drug-likeness (QED) is 0.453. The molecule has 158 valence electrons.